The number of halogens is 3. The number of rotatable bonds is 5. The number of hydrogen-bond acceptors (Lipinski definition) is 4. The van der Waals surface area contributed by atoms with Gasteiger partial charge in [-0.3, -0.25) is 9.69 Å². The Bertz CT molecular complexity index is 827. The van der Waals surface area contributed by atoms with Gasteiger partial charge in [0.25, 0.3) is 5.91 Å². The van der Waals surface area contributed by atoms with E-state index in [1.54, 1.807) is 17.0 Å². The molecule has 3 rings (SSSR count). The summed E-state index contributed by atoms with van der Waals surface area (Å²) in [7, 11) is 1.08. The lowest BCUT2D eigenvalue weighted by Gasteiger charge is -2.30. The van der Waals surface area contributed by atoms with Crippen molar-refractivity contribution in [1.29, 1.82) is 0 Å². The first-order valence-electron chi connectivity index (χ1n) is 8.37. The molecule has 0 fully saturated rings. The van der Waals surface area contributed by atoms with Crippen molar-refractivity contribution in [3.63, 3.8) is 0 Å². The number of aliphatic hydroxyl groups excluding tert-OH is 1. The number of benzene rings is 2. The maximum absolute atomic E-state index is 12.7. The van der Waals surface area contributed by atoms with Crippen LogP contribution in [0.1, 0.15) is 33.2 Å². The molecule has 27 heavy (non-hydrogen) atoms. The lowest BCUT2D eigenvalue weighted by Crippen LogP contribution is -2.47. The zero-order valence-corrected chi connectivity index (χ0v) is 14.6. The van der Waals surface area contributed by atoms with Crippen LogP contribution in [0, 0.1) is 0 Å². The van der Waals surface area contributed by atoms with Crippen LogP contribution in [0.15, 0.2) is 48.5 Å². The zero-order valence-electron chi connectivity index (χ0n) is 14.6. The standard InChI is InChI=1S/C19H20F3N3O2/c1-24(18(27)19(20,21)22)16(23)13-7-8-14-11-25(17(26)15(14)9-13)10-12-5-3-2-4-6-12/h2-9,16,18,27H,10-11,23H2,1H3. The van der Waals surface area contributed by atoms with Gasteiger partial charge in [0.05, 0.1) is 6.17 Å². The average molecular weight is 379 g/mol. The van der Waals surface area contributed by atoms with Crippen LogP contribution in [0.5, 0.6) is 0 Å². The molecule has 1 aliphatic rings. The first-order chi connectivity index (χ1) is 12.7. The lowest BCUT2D eigenvalue weighted by molar-refractivity contribution is -0.252. The Labute approximate surface area is 154 Å². The molecular formula is C19H20F3N3O2. The first-order valence-corrected chi connectivity index (χ1v) is 8.37. The van der Waals surface area contributed by atoms with E-state index in [1.165, 1.54) is 6.07 Å². The Balaban J connectivity index is 1.78. The molecule has 3 N–H and O–H groups in total. The Morgan fingerprint density at radius 1 is 1.22 bits per heavy atom. The number of hydrogen-bond donors (Lipinski definition) is 2. The van der Waals surface area contributed by atoms with Gasteiger partial charge in [-0.1, -0.05) is 42.5 Å². The first kappa shape index (κ1) is 19.3. The third-order valence-corrected chi connectivity index (χ3v) is 4.69. The smallest absolute Gasteiger partial charge is 0.370 e. The summed E-state index contributed by atoms with van der Waals surface area (Å²) in [5.41, 5.74) is 8.41. The van der Waals surface area contributed by atoms with Crippen molar-refractivity contribution in [3.05, 3.63) is 70.8 Å². The van der Waals surface area contributed by atoms with E-state index in [1.807, 2.05) is 30.3 Å². The maximum Gasteiger partial charge on any atom is 0.428 e. The van der Waals surface area contributed by atoms with Gasteiger partial charge in [-0.05, 0) is 29.8 Å². The molecule has 0 saturated heterocycles. The van der Waals surface area contributed by atoms with Gasteiger partial charge < -0.3 is 15.7 Å². The second kappa shape index (κ2) is 7.30. The molecule has 2 aromatic carbocycles. The molecule has 0 aliphatic carbocycles. The highest BCUT2D eigenvalue weighted by Crippen LogP contribution is 2.30. The summed E-state index contributed by atoms with van der Waals surface area (Å²) in [6, 6.07) is 14.3. The predicted molar refractivity (Wildman–Crippen MR) is 93.2 cm³/mol. The minimum absolute atomic E-state index is 0.193. The molecule has 0 aromatic heterocycles. The van der Waals surface area contributed by atoms with Crippen molar-refractivity contribution in [3.8, 4) is 0 Å². The van der Waals surface area contributed by atoms with Gasteiger partial charge in [0, 0.05) is 18.7 Å². The van der Waals surface area contributed by atoms with E-state index in [0.717, 1.165) is 18.2 Å². The summed E-state index contributed by atoms with van der Waals surface area (Å²) in [5, 5.41) is 9.38. The van der Waals surface area contributed by atoms with Gasteiger partial charge in [0.15, 0.2) is 0 Å². The third kappa shape index (κ3) is 3.97. The molecule has 1 amide bonds. The van der Waals surface area contributed by atoms with E-state index in [4.69, 9.17) is 5.73 Å². The molecule has 2 atom stereocenters. The SMILES string of the molecule is CN(C(N)c1ccc2c(c1)C(=O)N(Cc1ccccc1)C2)C(O)C(F)(F)F. The topological polar surface area (TPSA) is 69.8 Å². The fourth-order valence-corrected chi connectivity index (χ4v) is 3.11. The monoisotopic (exact) mass is 379 g/mol. The molecule has 144 valence electrons. The number of nitrogens with two attached hydrogens (primary N) is 1. The normalized spacial score (nSPS) is 16.6. The van der Waals surface area contributed by atoms with Gasteiger partial charge in [0.2, 0.25) is 6.23 Å². The number of aliphatic hydroxyl groups is 1. The molecule has 2 unspecified atom stereocenters. The molecule has 5 nitrogen and oxygen atoms in total. The summed E-state index contributed by atoms with van der Waals surface area (Å²) < 4.78 is 38.1. The summed E-state index contributed by atoms with van der Waals surface area (Å²) in [4.78, 5) is 15.0. The molecule has 0 radical (unpaired) electrons. The van der Waals surface area contributed by atoms with Crippen LogP contribution >= 0.6 is 0 Å². The molecule has 0 bridgehead atoms. The van der Waals surface area contributed by atoms with Crippen molar-refractivity contribution in [2.45, 2.75) is 31.7 Å². The largest absolute Gasteiger partial charge is 0.428 e. The fourth-order valence-electron chi connectivity index (χ4n) is 3.11. The summed E-state index contributed by atoms with van der Waals surface area (Å²) >= 11 is 0. The lowest BCUT2D eigenvalue weighted by atomic mass is 10.0. The van der Waals surface area contributed by atoms with Gasteiger partial charge in [-0.25, -0.2) is 0 Å². The predicted octanol–water partition coefficient (Wildman–Crippen LogP) is 2.61. The van der Waals surface area contributed by atoms with Gasteiger partial charge >= 0.3 is 6.18 Å². The van der Waals surface area contributed by atoms with Crippen molar-refractivity contribution in [1.82, 2.24) is 9.80 Å². The highest BCUT2D eigenvalue weighted by Gasteiger charge is 2.43. The average Bonchev–Trinajstić information content (AvgIpc) is 2.95. The minimum Gasteiger partial charge on any atom is -0.370 e. The van der Waals surface area contributed by atoms with E-state index in [-0.39, 0.29) is 5.91 Å². The van der Waals surface area contributed by atoms with E-state index in [9.17, 15) is 23.1 Å². The number of alkyl halides is 3. The summed E-state index contributed by atoms with van der Waals surface area (Å²) in [6.07, 6.45) is -8.71. The second-order valence-electron chi connectivity index (χ2n) is 6.59. The summed E-state index contributed by atoms with van der Waals surface area (Å²) in [6.45, 7) is 0.877. The zero-order chi connectivity index (χ0) is 19.8. The molecular weight excluding hydrogens is 359 g/mol. The van der Waals surface area contributed by atoms with E-state index < -0.39 is 18.6 Å². The Kier molecular flexibility index (Phi) is 5.23. The molecule has 0 saturated carbocycles. The number of carbonyl (C=O) groups excluding carboxylic acids is 1. The van der Waals surface area contributed by atoms with Gasteiger partial charge in [-0.15, -0.1) is 0 Å². The minimum atomic E-state index is -4.81. The van der Waals surface area contributed by atoms with Crippen LogP contribution in [0.25, 0.3) is 0 Å². The molecule has 1 heterocycles. The van der Waals surface area contributed by atoms with Gasteiger partial charge in [0.1, 0.15) is 0 Å². The Hall–Kier alpha value is -2.42. The maximum atomic E-state index is 12.7. The van der Waals surface area contributed by atoms with E-state index in [2.05, 4.69) is 0 Å². The highest BCUT2D eigenvalue weighted by atomic mass is 19.4. The number of fused-ring (bicyclic) bond motifs is 1. The van der Waals surface area contributed by atoms with Crippen LogP contribution in [0.2, 0.25) is 0 Å². The van der Waals surface area contributed by atoms with E-state index in [0.29, 0.717) is 29.1 Å². The highest BCUT2D eigenvalue weighted by molar-refractivity contribution is 5.98. The van der Waals surface area contributed by atoms with Crippen LogP contribution in [0.4, 0.5) is 13.2 Å². The number of nitrogens with zero attached hydrogens (tertiary/aromatic N) is 2. The Morgan fingerprint density at radius 3 is 2.52 bits per heavy atom. The molecule has 0 spiro atoms. The molecule has 2 aromatic rings. The third-order valence-electron chi connectivity index (χ3n) is 4.69. The van der Waals surface area contributed by atoms with E-state index >= 15 is 0 Å². The van der Waals surface area contributed by atoms with Crippen LogP contribution in [0.3, 0.4) is 0 Å². The summed E-state index contributed by atoms with van der Waals surface area (Å²) in [5.74, 6) is -0.193. The van der Waals surface area contributed by atoms with Gasteiger partial charge in [-0.2, -0.15) is 13.2 Å². The molecule has 8 heteroatoms. The van der Waals surface area contributed by atoms with Crippen molar-refractivity contribution in [2.24, 2.45) is 5.73 Å². The number of amides is 1. The second-order valence-corrected chi connectivity index (χ2v) is 6.59. The van der Waals surface area contributed by atoms with Crippen molar-refractivity contribution in [2.75, 3.05) is 7.05 Å². The van der Waals surface area contributed by atoms with Crippen LogP contribution in [-0.4, -0.2) is 40.3 Å². The van der Waals surface area contributed by atoms with Crippen LogP contribution < -0.4 is 5.73 Å². The Morgan fingerprint density at radius 2 is 1.89 bits per heavy atom. The molecule has 1 aliphatic heterocycles. The number of carbonyl (C=O) groups is 1. The quantitative estimate of drug-likeness (QED) is 0.784. The fraction of sp³-hybridized carbons (Fsp3) is 0.316. The van der Waals surface area contributed by atoms with Crippen molar-refractivity contribution >= 4 is 5.91 Å². The van der Waals surface area contributed by atoms with Crippen LogP contribution in [-0.2, 0) is 13.1 Å². The van der Waals surface area contributed by atoms with Crippen molar-refractivity contribution < 1.29 is 23.1 Å².